The standard InChI is InChI=1S/C12H16ClN/c13-8-4-3-6-11-9-10-5-1-2-7-12(10)14-11/h3,6,9,14H,1-2,4-5,7-8H2/b6-3-. The SMILES string of the molecule is ClCC/C=C\c1cc2c([nH]1)CCCC2. The molecular weight excluding hydrogens is 194 g/mol. The van der Waals surface area contributed by atoms with Crippen molar-refractivity contribution in [2.75, 3.05) is 5.88 Å². The Kier molecular flexibility index (Phi) is 3.30. The lowest BCUT2D eigenvalue weighted by atomic mass is 9.98. The first kappa shape index (κ1) is 9.85. The highest BCUT2D eigenvalue weighted by Crippen LogP contribution is 2.22. The van der Waals surface area contributed by atoms with Crippen molar-refractivity contribution in [1.29, 1.82) is 0 Å². The lowest BCUT2D eigenvalue weighted by Gasteiger charge is -2.08. The summed E-state index contributed by atoms with van der Waals surface area (Å²) in [6, 6.07) is 2.28. The van der Waals surface area contributed by atoms with E-state index in [1.807, 2.05) is 0 Å². The number of nitrogens with one attached hydrogen (secondary N) is 1. The average molecular weight is 210 g/mol. The Labute approximate surface area is 90.2 Å². The Bertz CT molecular complexity index is 302. The molecule has 0 fully saturated rings. The van der Waals surface area contributed by atoms with Crippen molar-refractivity contribution in [1.82, 2.24) is 4.98 Å². The molecule has 1 aliphatic rings. The molecule has 0 bridgehead atoms. The molecule has 1 aromatic heterocycles. The second-order valence-electron chi connectivity index (χ2n) is 3.82. The van der Waals surface area contributed by atoms with Crippen molar-refractivity contribution in [3.05, 3.63) is 29.1 Å². The van der Waals surface area contributed by atoms with Gasteiger partial charge in [0, 0.05) is 17.3 Å². The van der Waals surface area contributed by atoms with Crippen LogP contribution in [0.3, 0.4) is 0 Å². The molecule has 0 radical (unpaired) electrons. The Balaban J connectivity index is 2.08. The maximum Gasteiger partial charge on any atom is 0.0382 e. The van der Waals surface area contributed by atoms with Crippen LogP contribution in [0.4, 0.5) is 0 Å². The monoisotopic (exact) mass is 209 g/mol. The van der Waals surface area contributed by atoms with E-state index in [1.165, 1.54) is 42.6 Å². The molecule has 0 aromatic carbocycles. The van der Waals surface area contributed by atoms with Crippen molar-refractivity contribution in [3.8, 4) is 0 Å². The number of allylic oxidation sites excluding steroid dienone is 1. The van der Waals surface area contributed by atoms with Gasteiger partial charge in [-0.2, -0.15) is 0 Å². The summed E-state index contributed by atoms with van der Waals surface area (Å²) >= 11 is 5.61. The van der Waals surface area contributed by atoms with Gasteiger partial charge < -0.3 is 4.98 Å². The van der Waals surface area contributed by atoms with Crippen molar-refractivity contribution in [2.45, 2.75) is 32.1 Å². The summed E-state index contributed by atoms with van der Waals surface area (Å²) in [5, 5.41) is 0. The maximum atomic E-state index is 5.61. The molecule has 1 aromatic rings. The van der Waals surface area contributed by atoms with Gasteiger partial charge in [-0.15, -0.1) is 11.6 Å². The lowest BCUT2D eigenvalue weighted by Crippen LogP contribution is -1.99. The molecule has 76 valence electrons. The molecule has 1 heterocycles. The van der Waals surface area contributed by atoms with E-state index in [9.17, 15) is 0 Å². The van der Waals surface area contributed by atoms with Gasteiger partial charge in [-0.3, -0.25) is 0 Å². The molecule has 2 heteroatoms. The molecule has 1 nitrogen and oxygen atoms in total. The quantitative estimate of drug-likeness (QED) is 0.734. The molecule has 0 atom stereocenters. The van der Waals surface area contributed by atoms with E-state index in [0.717, 1.165) is 6.42 Å². The molecule has 0 saturated carbocycles. The van der Waals surface area contributed by atoms with Crippen LogP contribution in [0.15, 0.2) is 12.1 Å². The summed E-state index contributed by atoms with van der Waals surface area (Å²) in [5.41, 5.74) is 4.20. The van der Waals surface area contributed by atoms with Crippen LogP contribution < -0.4 is 0 Å². The second-order valence-corrected chi connectivity index (χ2v) is 4.19. The number of hydrogen-bond acceptors (Lipinski definition) is 0. The second kappa shape index (κ2) is 4.70. The normalized spacial score (nSPS) is 16.1. The van der Waals surface area contributed by atoms with Crippen molar-refractivity contribution in [3.63, 3.8) is 0 Å². The molecule has 14 heavy (non-hydrogen) atoms. The van der Waals surface area contributed by atoms with E-state index < -0.39 is 0 Å². The predicted molar refractivity (Wildman–Crippen MR) is 61.8 cm³/mol. The molecule has 0 aliphatic heterocycles. The number of hydrogen-bond donors (Lipinski definition) is 1. The number of alkyl halides is 1. The summed E-state index contributed by atoms with van der Waals surface area (Å²) in [5.74, 6) is 0.705. The fraction of sp³-hybridized carbons (Fsp3) is 0.500. The summed E-state index contributed by atoms with van der Waals surface area (Å²) in [6.45, 7) is 0. The number of halogens is 1. The van der Waals surface area contributed by atoms with Crippen LogP contribution in [0.2, 0.25) is 0 Å². The Morgan fingerprint density at radius 2 is 2.21 bits per heavy atom. The Morgan fingerprint density at radius 3 is 3.00 bits per heavy atom. The molecular formula is C12H16ClN. The molecule has 0 spiro atoms. The third-order valence-corrected chi connectivity index (χ3v) is 2.93. The molecule has 0 saturated heterocycles. The largest absolute Gasteiger partial charge is 0.359 e. The number of H-pyrrole nitrogens is 1. The first-order valence-electron chi connectivity index (χ1n) is 5.33. The van der Waals surface area contributed by atoms with Gasteiger partial charge in [0.05, 0.1) is 0 Å². The number of aromatic nitrogens is 1. The van der Waals surface area contributed by atoms with E-state index >= 15 is 0 Å². The molecule has 2 rings (SSSR count). The molecule has 0 amide bonds. The van der Waals surface area contributed by atoms with Crippen LogP contribution in [0, 0.1) is 0 Å². The van der Waals surface area contributed by atoms with Gasteiger partial charge in [0.15, 0.2) is 0 Å². The van der Waals surface area contributed by atoms with Crippen LogP contribution >= 0.6 is 11.6 Å². The Hall–Kier alpha value is -0.690. The summed E-state index contributed by atoms with van der Waals surface area (Å²) in [4.78, 5) is 3.46. The minimum absolute atomic E-state index is 0.705. The van der Waals surface area contributed by atoms with Gasteiger partial charge in [-0.25, -0.2) is 0 Å². The Morgan fingerprint density at radius 1 is 1.36 bits per heavy atom. The maximum absolute atomic E-state index is 5.61. The highest BCUT2D eigenvalue weighted by molar-refractivity contribution is 6.17. The van der Waals surface area contributed by atoms with E-state index in [1.54, 1.807) is 0 Å². The molecule has 1 N–H and O–H groups in total. The van der Waals surface area contributed by atoms with Crippen LogP contribution in [-0.2, 0) is 12.8 Å². The number of rotatable bonds is 3. The van der Waals surface area contributed by atoms with E-state index in [0.29, 0.717) is 5.88 Å². The van der Waals surface area contributed by atoms with Gasteiger partial charge in [0.25, 0.3) is 0 Å². The summed E-state index contributed by atoms with van der Waals surface area (Å²) < 4.78 is 0. The highest BCUT2D eigenvalue weighted by Gasteiger charge is 2.10. The van der Waals surface area contributed by atoms with Gasteiger partial charge in [0.2, 0.25) is 0 Å². The summed E-state index contributed by atoms with van der Waals surface area (Å²) in [6.07, 6.45) is 10.4. The number of aryl methyl sites for hydroxylation is 2. The fourth-order valence-electron chi connectivity index (χ4n) is 1.99. The van der Waals surface area contributed by atoms with Crippen molar-refractivity contribution in [2.24, 2.45) is 0 Å². The third-order valence-electron chi connectivity index (χ3n) is 2.71. The van der Waals surface area contributed by atoms with E-state index in [-0.39, 0.29) is 0 Å². The average Bonchev–Trinajstić information content (AvgIpc) is 2.60. The topological polar surface area (TPSA) is 15.8 Å². The van der Waals surface area contributed by atoms with Crippen LogP contribution in [0.25, 0.3) is 6.08 Å². The van der Waals surface area contributed by atoms with Crippen molar-refractivity contribution >= 4 is 17.7 Å². The van der Waals surface area contributed by atoms with Gasteiger partial charge in [0.1, 0.15) is 0 Å². The zero-order valence-corrected chi connectivity index (χ0v) is 9.11. The zero-order valence-electron chi connectivity index (χ0n) is 8.35. The minimum atomic E-state index is 0.705. The van der Waals surface area contributed by atoms with Crippen LogP contribution in [0.5, 0.6) is 0 Å². The summed E-state index contributed by atoms with van der Waals surface area (Å²) in [7, 11) is 0. The van der Waals surface area contributed by atoms with E-state index in [2.05, 4.69) is 23.2 Å². The van der Waals surface area contributed by atoms with Crippen molar-refractivity contribution < 1.29 is 0 Å². The molecule has 1 aliphatic carbocycles. The predicted octanol–water partition coefficient (Wildman–Crippen LogP) is 3.54. The first-order chi connectivity index (χ1) is 6.90. The lowest BCUT2D eigenvalue weighted by molar-refractivity contribution is 0.677. The van der Waals surface area contributed by atoms with Gasteiger partial charge in [-0.05, 0) is 49.8 Å². The molecule has 0 unspecified atom stereocenters. The van der Waals surface area contributed by atoms with Gasteiger partial charge >= 0.3 is 0 Å². The van der Waals surface area contributed by atoms with Gasteiger partial charge in [-0.1, -0.05) is 6.08 Å². The minimum Gasteiger partial charge on any atom is -0.359 e. The number of fused-ring (bicyclic) bond motifs is 1. The fourth-order valence-corrected chi connectivity index (χ4v) is 2.12. The zero-order chi connectivity index (χ0) is 9.80. The van der Waals surface area contributed by atoms with E-state index in [4.69, 9.17) is 11.6 Å². The highest BCUT2D eigenvalue weighted by atomic mass is 35.5. The first-order valence-corrected chi connectivity index (χ1v) is 5.87. The smallest absolute Gasteiger partial charge is 0.0382 e. The third kappa shape index (κ3) is 2.21. The van der Waals surface area contributed by atoms with Crippen LogP contribution in [0.1, 0.15) is 36.2 Å². The van der Waals surface area contributed by atoms with Crippen LogP contribution in [-0.4, -0.2) is 10.9 Å². The number of aromatic amines is 1.